The molecule has 2 rings (SSSR count). The van der Waals surface area contributed by atoms with E-state index in [2.05, 4.69) is 25.7 Å². The number of hydrogen-bond donors (Lipinski definition) is 1. The molecule has 0 aromatic rings. The van der Waals surface area contributed by atoms with E-state index in [9.17, 15) is 0 Å². The molecule has 1 aliphatic heterocycles. The van der Waals surface area contributed by atoms with Crippen LogP contribution in [0.5, 0.6) is 0 Å². The predicted octanol–water partition coefficient (Wildman–Crippen LogP) is 2.23. The SMILES string of the molecule is CC1CCC2(CCN(C(C)C)CC2)[C@@H]1N. The van der Waals surface area contributed by atoms with Gasteiger partial charge >= 0.3 is 0 Å². The van der Waals surface area contributed by atoms with Gasteiger partial charge in [-0.1, -0.05) is 6.92 Å². The number of likely N-dealkylation sites (tertiary alicyclic amines) is 1. The van der Waals surface area contributed by atoms with E-state index in [-0.39, 0.29) is 0 Å². The monoisotopic (exact) mass is 210 g/mol. The molecule has 1 saturated heterocycles. The summed E-state index contributed by atoms with van der Waals surface area (Å²) in [7, 11) is 0. The van der Waals surface area contributed by atoms with Crippen molar-refractivity contribution < 1.29 is 0 Å². The van der Waals surface area contributed by atoms with Crippen LogP contribution in [0.1, 0.15) is 46.5 Å². The van der Waals surface area contributed by atoms with Crippen molar-refractivity contribution in [3.8, 4) is 0 Å². The molecule has 1 unspecified atom stereocenters. The third-order valence-corrected chi connectivity index (χ3v) is 4.94. The summed E-state index contributed by atoms with van der Waals surface area (Å²) in [5.41, 5.74) is 6.90. The topological polar surface area (TPSA) is 29.3 Å². The molecule has 1 heterocycles. The van der Waals surface area contributed by atoms with Gasteiger partial charge in [0.25, 0.3) is 0 Å². The van der Waals surface area contributed by atoms with Gasteiger partial charge in [0, 0.05) is 12.1 Å². The largest absolute Gasteiger partial charge is 0.327 e. The first-order chi connectivity index (χ1) is 7.05. The average Bonchev–Trinajstić information content (AvgIpc) is 2.48. The Morgan fingerprint density at radius 2 is 1.80 bits per heavy atom. The Morgan fingerprint density at radius 3 is 2.20 bits per heavy atom. The molecule has 1 aliphatic carbocycles. The third kappa shape index (κ3) is 1.94. The highest BCUT2D eigenvalue weighted by Crippen LogP contribution is 2.47. The van der Waals surface area contributed by atoms with Gasteiger partial charge in [0.2, 0.25) is 0 Å². The van der Waals surface area contributed by atoms with Crippen molar-refractivity contribution in [1.82, 2.24) is 4.90 Å². The van der Waals surface area contributed by atoms with E-state index >= 15 is 0 Å². The molecule has 1 saturated carbocycles. The van der Waals surface area contributed by atoms with Crippen LogP contribution in [0.4, 0.5) is 0 Å². The van der Waals surface area contributed by atoms with E-state index < -0.39 is 0 Å². The molecule has 2 heteroatoms. The lowest BCUT2D eigenvalue weighted by atomic mass is 9.73. The zero-order valence-electron chi connectivity index (χ0n) is 10.5. The number of hydrogen-bond acceptors (Lipinski definition) is 2. The highest BCUT2D eigenvalue weighted by Gasteiger charge is 2.46. The first-order valence-corrected chi connectivity index (χ1v) is 6.55. The fourth-order valence-corrected chi connectivity index (χ4v) is 3.53. The van der Waals surface area contributed by atoms with E-state index in [4.69, 9.17) is 5.73 Å². The fraction of sp³-hybridized carbons (Fsp3) is 1.00. The normalized spacial score (nSPS) is 36.6. The average molecular weight is 210 g/mol. The predicted molar refractivity (Wildman–Crippen MR) is 64.7 cm³/mol. The first-order valence-electron chi connectivity index (χ1n) is 6.55. The van der Waals surface area contributed by atoms with Gasteiger partial charge in [-0.15, -0.1) is 0 Å². The van der Waals surface area contributed by atoms with Crippen molar-refractivity contribution >= 4 is 0 Å². The van der Waals surface area contributed by atoms with Crippen molar-refractivity contribution in [3.05, 3.63) is 0 Å². The van der Waals surface area contributed by atoms with E-state index in [0.717, 1.165) is 5.92 Å². The summed E-state index contributed by atoms with van der Waals surface area (Å²) in [4.78, 5) is 2.60. The Bertz CT molecular complexity index is 217. The Balaban J connectivity index is 1.98. The van der Waals surface area contributed by atoms with E-state index in [1.165, 1.54) is 38.8 Å². The summed E-state index contributed by atoms with van der Waals surface area (Å²) >= 11 is 0. The molecule has 2 nitrogen and oxygen atoms in total. The maximum absolute atomic E-state index is 6.39. The molecule has 1 spiro atoms. The van der Waals surface area contributed by atoms with Gasteiger partial charge in [-0.05, 0) is 64.0 Å². The van der Waals surface area contributed by atoms with E-state index in [1.54, 1.807) is 0 Å². The minimum atomic E-state index is 0.465. The van der Waals surface area contributed by atoms with E-state index in [0.29, 0.717) is 17.5 Å². The minimum Gasteiger partial charge on any atom is -0.327 e. The summed E-state index contributed by atoms with van der Waals surface area (Å²) in [5.74, 6) is 0.746. The van der Waals surface area contributed by atoms with Gasteiger partial charge in [0.1, 0.15) is 0 Å². The van der Waals surface area contributed by atoms with Crippen LogP contribution in [0, 0.1) is 11.3 Å². The lowest BCUT2D eigenvalue weighted by Crippen LogP contribution is -2.49. The Hall–Kier alpha value is -0.0800. The van der Waals surface area contributed by atoms with Crippen LogP contribution < -0.4 is 5.73 Å². The maximum atomic E-state index is 6.39. The van der Waals surface area contributed by atoms with Crippen LogP contribution in [-0.2, 0) is 0 Å². The number of nitrogens with two attached hydrogens (primary N) is 1. The highest BCUT2D eigenvalue weighted by molar-refractivity contribution is 5.00. The molecule has 2 aliphatic rings. The summed E-state index contributed by atoms with van der Waals surface area (Å²) in [6.07, 6.45) is 5.39. The molecule has 0 aromatic heterocycles. The van der Waals surface area contributed by atoms with Gasteiger partial charge in [0.05, 0.1) is 0 Å². The lowest BCUT2D eigenvalue weighted by Gasteiger charge is -2.44. The maximum Gasteiger partial charge on any atom is 0.0122 e. The second kappa shape index (κ2) is 4.06. The minimum absolute atomic E-state index is 0.465. The van der Waals surface area contributed by atoms with E-state index in [1.807, 2.05) is 0 Å². The molecule has 0 aromatic carbocycles. The molecule has 88 valence electrons. The number of rotatable bonds is 1. The summed E-state index contributed by atoms with van der Waals surface area (Å²) < 4.78 is 0. The molecular weight excluding hydrogens is 184 g/mol. The van der Waals surface area contributed by atoms with Crippen molar-refractivity contribution in [3.63, 3.8) is 0 Å². The molecule has 0 radical (unpaired) electrons. The van der Waals surface area contributed by atoms with Crippen LogP contribution >= 0.6 is 0 Å². The van der Waals surface area contributed by atoms with Crippen molar-refractivity contribution in [2.24, 2.45) is 17.1 Å². The summed E-state index contributed by atoms with van der Waals surface area (Å²) in [6.45, 7) is 9.45. The molecule has 15 heavy (non-hydrogen) atoms. The van der Waals surface area contributed by atoms with Crippen LogP contribution in [-0.4, -0.2) is 30.1 Å². The fourth-order valence-electron chi connectivity index (χ4n) is 3.53. The zero-order chi connectivity index (χ0) is 11.1. The third-order valence-electron chi connectivity index (χ3n) is 4.94. The van der Waals surface area contributed by atoms with Gasteiger partial charge < -0.3 is 10.6 Å². The quantitative estimate of drug-likeness (QED) is 0.719. The number of nitrogens with zero attached hydrogens (tertiary/aromatic N) is 1. The van der Waals surface area contributed by atoms with Crippen LogP contribution in [0.2, 0.25) is 0 Å². The van der Waals surface area contributed by atoms with Gasteiger partial charge in [-0.25, -0.2) is 0 Å². The Labute approximate surface area is 94.2 Å². The van der Waals surface area contributed by atoms with Crippen LogP contribution in [0.3, 0.4) is 0 Å². The van der Waals surface area contributed by atoms with Crippen molar-refractivity contribution in [2.75, 3.05) is 13.1 Å². The van der Waals surface area contributed by atoms with Crippen molar-refractivity contribution in [2.45, 2.75) is 58.5 Å². The lowest BCUT2D eigenvalue weighted by molar-refractivity contribution is 0.0718. The summed E-state index contributed by atoms with van der Waals surface area (Å²) in [5, 5.41) is 0. The molecule has 2 N–H and O–H groups in total. The Morgan fingerprint density at radius 1 is 1.20 bits per heavy atom. The van der Waals surface area contributed by atoms with Crippen LogP contribution in [0.25, 0.3) is 0 Å². The standard InChI is InChI=1S/C13H26N2/c1-10(2)15-8-6-13(7-9-15)5-4-11(3)12(13)14/h10-12H,4-9,14H2,1-3H3/t11?,12-/m1/s1. The highest BCUT2D eigenvalue weighted by atomic mass is 15.2. The molecular formula is C13H26N2. The van der Waals surface area contributed by atoms with Gasteiger partial charge in [-0.3, -0.25) is 0 Å². The molecule has 0 bridgehead atoms. The second-order valence-electron chi connectivity index (χ2n) is 6.03. The second-order valence-corrected chi connectivity index (χ2v) is 6.03. The summed E-state index contributed by atoms with van der Waals surface area (Å²) in [6, 6.07) is 1.17. The Kier molecular flexibility index (Phi) is 3.09. The van der Waals surface area contributed by atoms with Crippen LogP contribution in [0.15, 0.2) is 0 Å². The van der Waals surface area contributed by atoms with Gasteiger partial charge in [0.15, 0.2) is 0 Å². The molecule has 2 atom stereocenters. The van der Waals surface area contributed by atoms with Crippen molar-refractivity contribution in [1.29, 1.82) is 0 Å². The zero-order valence-corrected chi connectivity index (χ0v) is 10.5. The van der Waals surface area contributed by atoms with Gasteiger partial charge in [-0.2, -0.15) is 0 Å². The number of piperidine rings is 1. The first kappa shape index (κ1) is 11.4. The molecule has 2 fully saturated rings. The smallest absolute Gasteiger partial charge is 0.0122 e. The molecule has 0 amide bonds.